The third kappa shape index (κ3) is 2.40. The van der Waals surface area contributed by atoms with Gasteiger partial charge >= 0.3 is 0 Å². The van der Waals surface area contributed by atoms with Crippen LogP contribution in [-0.4, -0.2) is 15.5 Å². The minimum Gasteiger partial charge on any atom is -0.347 e. The molecule has 0 aromatic carbocycles. The van der Waals surface area contributed by atoms with Crippen LogP contribution in [0.5, 0.6) is 0 Å². The van der Waals surface area contributed by atoms with Crippen molar-refractivity contribution in [3.8, 4) is 6.07 Å². The number of hydrogen-bond acceptors (Lipinski definition) is 3. The summed E-state index contributed by atoms with van der Waals surface area (Å²) in [6.45, 7) is 3.81. The summed E-state index contributed by atoms with van der Waals surface area (Å²) in [5, 5.41) is 11.7. The van der Waals surface area contributed by atoms with Crippen LogP contribution < -0.4 is 5.32 Å². The van der Waals surface area contributed by atoms with E-state index in [1.165, 1.54) is 0 Å². The summed E-state index contributed by atoms with van der Waals surface area (Å²) in [6.07, 6.45) is 3.98. The summed E-state index contributed by atoms with van der Waals surface area (Å²) in [4.78, 5) is 15.8. The Bertz CT molecular complexity index is 418. The first kappa shape index (κ1) is 12.2. The fraction of sp³-hybridized carbons (Fsp3) is 0.545. The van der Waals surface area contributed by atoms with E-state index in [0.29, 0.717) is 13.0 Å². The molecular weight excluding hydrogens is 204 g/mol. The van der Waals surface area contributed by atoms with Crippen LogP contribution in [0.2, 0.25) is 0 Å². The molecule has 16 heavy (non-hydrogen) atoms. The molecule has 0 saturated carbocycles. The highest BCUT2D eigenvalue weighted by molar-refractivity contribution is 5.84. The summed E-state index contributed by atoms with van der Waals surface area (Å²) in [5.74, 6) is 0.519. The fourth-order valence-corrected chi connectivity index (χ4v) is 1.21. The van der Waals surface area contributed by atoms with Gasteiger partial charge in [-0.3, -0.25) is 4.79 Å². The Morgan fingerprint density at radius 3 is 2.88 bits per heavy atom. The van der Waals surface area contributed by atoms with Crippen molar-refractivity contribution in [3.63, 3.8) is 0 Å². The van der Waals surface area contributed by atoms with Crippen molar-refractivity contribution < 1.29 is 4.79 Å². The Morgan fingerprint density at radius 1 is 1.75 bits per heavy atom. The van der Waals surface area contributed by atoms with E-state index in [2.05, 4.69) is 10.3 Å². The van der Waals surface area contributed by atoms with E-state index in [1.54, 1.807) is 13.1 Å². The lowest BCUT2D eigenvalue weighted by Crippen LogP contribution is -2.37. The molecule has 0 spiro atoms. The smallest absolute Gasteiger partial charge is 0.240 e. The summed E-state index contributed by atoms with van der Waals surface area (Å²) in [6, 6.07) is 2.03. The first-order chi connectivity index (χ1) is 7.53. The van der Waals surface area contributed by atoms with Crippen molar-refractivity contribution in [2.45, 2.75) is 26.8 Å². The lowest BCUT2D eigenvalue weighted by Gasteiger charge is -2.18. The maximum atomic E-state index is 11.8. The van der Waals surface area contributed by atoms with Crippen molar-refractivity contribution in [3.05, 3.63) is 18.2 Å². The summed E-state index contributed by atoms with van der Waals surface area (Å²) < 4.78 is 1.83. The van der Waals surface area contributed by atoms with E-state index in [1.807, 2.05) is 30.8 Å². The second-order valence-electron chi connectivity index (χ2n) is 3.93. The van der Waals surface area contributed by atoms with Crippen LogP contribution in [0.4, 0.5) is 0 Å². The second-order valence-corrected chi connectivity index (χ2v) is 3.93. The van der Waals surface area contributed by atoms with Crippen LogP contribution in [0.1, 0.15) is 26.1 Å². The molecule has 1 amide bonds. The number of carbonyl (C=O) groups excluding carboxylic acids is 1. The quantitative estimate of drug-likeness (QED) is 0.822. The van der Waals surface area contributed by atoms with Gasteiger partial charge in [-0.25, -0.2) is 4.98 Å². The molecule has 86 valence electrons. The Morgan fingerprint density at radius 2 is 2.44 bits per heavy atom. The third-order valence-electron chi connectivity index (χ3n) is 2.78. The molecule has 1 aromatic rings. The van der Waals surface area contributed by atoms with Gasteiger partial charge in [-0.1, -0.05) is 6.92 Å². The van der Waals surface area contributed by atoms with Crippen molar-refractivity contribution in [1.82, 2.24) is 14.9 Å². The predicted molar refractivity (Wildman–Crippen MR) is 59.1 cm³/mol. The fourth-order valence-electron chi connectivity index (χ4n) is 1.21. The van der Waals surface area contributed by atoms with Gasteiger partial charge in [0.2, 0.25) is 5.91 Å². The van der Waals surface area contributed by atoms with Gasteiger partial charge in [-0.2, -0.15) is 5.26 Å². The van der Waals surface area contributed by atoms with Gasteiger partial charge in [0.25, 0.3) is 0 Å². The van der Waals surface area contributed by atoms with Gasteiger partial charge in [0, 0.05) is 19.4 Å². The highest BCUT2D eigenvalue weighted by Crippen LogP contribution is 2.19. The molecule has 1 rings (SSSR count). The van der Waals surface area contributed by atoms with Crippen LogP contribution in [0, 0.1) is 16.7 Å². The molecule has 1 unspecified atom stereocenters. The van der Waals surface area contributed by atoms with Crippen LogP contribution in [0.15, 0.2) is 12.4 Å². The molecule has 0 saturated heterocycles. The summed E-state index contributed by atoms with van der Waals surface area (Å²) >= 11 is 0. The van der Waals surface area contributed by atoms with Crippen molar-refractivity contribution >= 4 is 5.91 Å². The first-order valence-electron chi connectivity index (χ1n) is 5.19. The number of carbonyl (C=O) groups is 1. The number of nitrogens with one attached hydrogen (secondary N) is 1. The number of hydrogen-bond donors (Lipinski definition) is 1. The molecular formula is C11H16N4O. The van der Waals surface area contributed by atoms with Gasteiger partial charge in [-0.15, -0.1) is 0 Å². The molecule has 0 bridgehead atoms. The number of nitrogens with zero attached hydrogens (tertiary/aromatic N) is 3. The molecule has 1 N–H and O–H groups in total. The van der Waals surface area contributed by atoms with Crippen LogP contribution >= 0.6 is 0 Å². The number of imidazole rings is 1. The summed E-state index contributed by atoms with van der Waals surface area (Å²) in [5.41, 5.74) is -0.953. The maximum Gasteiger partial charge on any atom is 0.240 e. The number of aromatic nitrogens is 2. The standard InChI is InChI=1S/C11H16N4O/c1-4-11(2,8-12)10(16)14-7-9-13-5-6-15(9)3/h5-6H,4,7H2,1-3H3,(H,14,16). The van der Waals surface area contributed by atoms with Gasteiger partial charge in [0.15, 0.2) is 0 Å². The largest absolute Gasteiger partial charge is 0.347 e. The lowest BCUT2D eigenvalue weighted by atomic mass is 9.88. The molecule has 0 aliphatic rings. The Balaban J connectivity index is 2.61. The van der Waals surface area contributed by atoms with E-state index in [4.69, 9.17) is 5.26 Å². The first-order valence-corrected chi connectivity index (χ1v) is 5.19. The summed E-state index contributed by atoms with van der Waals surface area (Å²) in [7, 11) is 1.86. The normalized spacial score (nSPS) is 13.9. The van der Waals surface area contributed by atoms with Crippen LogP contribution in [0.25, 0.3) is 0 Å². The van der Waals surface area contributed by atoms with Gasteiger partial charge in [0.1, 0.15) is 11.2 Å². The van der Waals surface area contributed by atoms with E-state index in [0.717, 1.165) is 5.82 Å². The van der Waals surface area contributed by atoms with Crippen molar-refractivity contribution in [2.24, 2.45) is 12.5 Å². The topological polar surface area (TPSA) is 70.7 Å². The molecule has 5 heteroatoms. The van der Waals surface area contributed by atoms with Gasteiger partial charge in [-0.05, 0) is 13.3 Å². The number of nitriles is 1. The zero-order valence-electron chi connectivity index (χ0n) is 9.82. The Hall–Kier alpha value is -1.83. The predicted octanol–water partition coefficient (Wildman–Crippen LogP) is 0.976. The van der Waals surface area contributed by atoms with E-state index >= 15 is 0 Å². The third-order valence-corrected chi connectivity index (χ3v) is 2.78. The van der Waals surface area contributed by atoms with Crippen LogP contribution in [-0.2, 0) is 18.4 Å². The van der Waals surface area contributed by atoms with Gasteiger partial charge in [0.05, 0.1) is 12.6 Å². The number of aryl methyl sites for hydroxylation is 1. The highest BCUT2D eigenvalue weighted by atomic mass is 16.2. The molecule has 0 fully saturated rings. The molecule has 0 aliphatic heterocycles. The molecule has 1 aromatic heterocycles. The van der Waals surface area contributed by atoms with E-state index < -0.39 is 5.41 Å². The van der Waals surface area contributed by atoms with E-state index in [-0.39, 0.29) is 5.91 Å². The second kappa shape index (κ2) is 4.79. The maximum absolute atomic E-state index is 11.8. The zero-order valence-corrected chi connectivity index (χ0v) is 9.82. The monoisotopic (exact) mass is 220 g/mol. The van der Waals surface area contributed by atoms with Crippen molar-refractivity contribution in [1.29, 1.82) is 5.26 Å². The van der Waals surface area contributed by atoms with Crippen molar-refractivity contribution in [2.75, 3.05) is 0 Å². The molecule has 1 heterocycles. The minimum atomic E-state index is -0.953. The Labute approximate surface area is 95.1 Å². The number of amides is 1. The average Bonchev–Trinajstić information content (AvgIpc) is 2.70. The molecule has 1 atom stereocenters. The molecule has 5 nitrogen and oxygen atoms in total. The molecule has 0 aliphatic carbocycles. The average molecular weight is 220 g/mol. The zero-order chi connectivity index (χ0) is 12.2. The lowest BCUT2D eigenvalue weighted by molar-refractivity contribution is -0.127. The van der Waals surface area contributed by atoms with E-state index in [9.17, 15) is 4.79 Å². The number of rotatable bonds is 4. The van der Waals surface area contributed by atoms with Gasteiger partial charge < -0.3 is 9.88 Å². The van der Waals surface area contributed by atoms with Crippen LogP contribution in [0.3, 0.4) is 0 Å². The Kier molecular flexibility index (Phi) is 3.67. The molecule has 0 radical (unpaired) electrons. The SMILES string of the molecule is CCC(C)(C#N)C(=O)NCc1nccn1C. The minimum absolute atomic E-state index is 0.250. The highest BCUT2D eigenvalue weighted by Gasteiger charge is 2.30.